The lowest BCUT2D eigenvalue weighted by molar-refractivity contribution is 0.574. The summed E-state index contributed by atoms with van der Waals surface area (Å²) in [5, 5.41) is 8.45. The van der Waals surface area contributed by atoms with Crippen LogP contribution in [0.15, 0.2) is 21.3 Å². The Balaban J connectivity index is 2.44. The molecule has 0 aliphatic rings. The average Bonchev–Trinajstić information content (AvgIpc) is 2.77. The Morgan fingerprint density at radius 3 is 2.75 bits per heavy atom. The van der Waals surface area contributed by atoms with Crippen LogP contribution in [-0.2, 0) is 7.05 Å². The van der Waals surface area contributed by atoms with E-state index >= 15 is 0 Å². The second-order valence-electron chi connectivity index (χ2n) is 3.61. The Labute approximate surface area is 107 Å². The van der Waals surface area contributed by atoms with Crippen molar-refractivity contribution >= 4 is 27.3 Å². The molecule has 0 bridgehead atoms. The first kappa shape index (κ1) is 11.8. The van der Waals surface area contributed by atoms with Gasteiger partial charge in [-0.05, 0) is 34.3 Å². The molecule has 0 amide bonds. The fourth-order valence-electron chi connectivity index (χ4n) is 1.73. The lowest BCUT2D eigenvalue weighted by atomic mass is 10.1. The molecule has 0 saturated heterocycles. The topological polar surface area (TPSA) is 55.9 Å². The first-order valence-electron chi connectivity index (χ1n) is 4.81. The van der Waals surface area contributed by atoms with Crippen LogP contribution in [0.2, 0.25) is 0 Å². The molecule has 0 radical (unpaired) electrons. The van der Waals surface area contributed by atoms with Gasteiger partial charge in [0.15, 0.2) is 0 Å². The molecule has 2 rings (SSSR count). The van der Waals surface area contributed by atoms with E-state index in [2.05, 4.69) is 31.8 Å². The summed E-state index contributed by atoms with van der Waals surface area (Å²) in [6.45, 7) is 1.97. The van der Waals surface area contributed by atoms with E-state index in [0.717, 1.165) is 21.4 Å². The van der Waals surface area contributed by atoms with Crippen molar-refractivity contribution in [3.8, 4) is 0 Å². The van der Waals surface area contributed by atoms with Crippen molar-refractivity contribution in [2.75, 3.05) is 0 Å². The molecule has 3 N–H and O–H groups in total. The number of hydrogen-bond donors (Lipinski definition) is 2. The zero-order valence-corrected chi connectivity index (χ0v) is 11.5. The fraction of sp³-hybridized carbons (Fsp3) is 0.300. The maximum Gasteiger partial charge on any atom is 0.0897 e. The summed E-state index contributed by atoms with van der Waals surface area (Å²) < 4.78 is 2.92. The van der Waals surface area contributed by atoms with E-state index in [1.807, 2.05) is 30.1 Å². The average molecular weight is 301 g/mol. The lowest BCUT2D eigenvalue weighted by Crippen LogP contribution is -2.30. The van der Waals surface area contributed by atoms with Gasteiger partial charge in [-0.2, -0.15) is 16.4 Å². The summed E-state index contributed by atoms with van der Waals surface area (Å²) >= 11 is 5.17. The second-order valence-corrected chi connectivity index (χ2v) is 5.21. The molecule has 2 heterocycles. The molecule has 16 heavy (non-hydrogen) atoms. The first-order chi connectivity index (χ1) is 7.63. The molecular weight excluding hydrogens is 288 g/mol. The summed E-state index contributed by atoms with van der Waals surface area (Å²) in [5.41, 5.74) is 6.01. The van der Waals surface area contributed by atoms with E-state index in [-0.39, 0.29) is 6.04 Å². The van der Waals surface area contributed by atoms with Crippen LogP contribution in [0.1, 0.15) is 23.0 Å². The second kappa shape index (κ2) is 4.67. The largest absolute Gasteiger partial charge is 0.271 e. The van der Waals surface area contributed by atoms with Gasteiger partial charge in [0, 0.05) is 22.5 Å². The summed E-state index contributed by atoms with van der Waals surface area (Å²) in [4.78, 5) is 0. The molecule has 4 nitrogen and oxygen atoms in total. The fourth-order valence-corrected chi connectivity index (χ4v) is 3.28. The SMILES string of the molecule is Cc1cc(C(NN)c2cscc2Br)n(C)n1. The molecule has 0 aromatic carbocycles. The predicted molar refractivity (Wildman–Crippen MR) is 69.1 cm³/mol. The van der Waals surface area contributed by atoms with Gasteiger partial charge < -0.3 is 0 Å². The number of nitrogens with one attached hydrogen (secondary N) is 1. The van der Waals surface area contributed by atoms with Gasteiger partial charge in [0.25, 0.3) is 0 Å². The molecule has 0 aliphatic heterocycles. The maximum absolute atomic E-state index is 5.64. The number of halogens is 1. The van der Waals surface area contributed by atoms with Crippen molar-refractivity contribution in [3.63, 3.8) is 0 Å². The standard InChI is InChI=1S/C10H13BrN4S/c1-6-3-9(15(2)14-6)10(13-12)7-4-16-5-8(7)11/h3-5,10,13H,12H2,1-2H3. The van der Waals surface area contributed by atoms with Crippen molar-refractivity contribution in [2.45, 2.75) is 13.0 Å². The van der Waals surface area contributed by atoms with E-state index in [4.69, 9.17) is 5.84 Å². The zero-order chi connectivity index (χ0) is 11.7. The number of hydrogen-bond acceptors (Lipinski definition) is 4. The highest BCUT2D eigenvalue weighted by Crippen LogP contribution is 2.31. The van der Waals surface area contributed by atoms with Crippen LogP contribution in [0.25, 0.3) is 0 Å². The molecule has 0 spiro atoms. The highest BCUT2D eigenvalue weighted by atomic mass is 79.9. The van der Waals surface area contributed by atoms with Crippen LogP contribution in [0.4, 0.5) is 0 Å². The lowest BCUT2D eigenvalue weighted by Gasteiger charge is -2.15. The number of rotatable bonds is 3. The number of nitrogens with two attached hydrogens (primary N) is 1. The smallest absolute Gasteiger partial charge is 0.0897 e. The van der Waals surface area contributed by atoms with E-state index in [9.17, 15) is 0 Å². The van der Waals surface area contributed by atoms with Crippen LogP contribution in [0.3, 0.4) is 0 Å². The molecule has 86 valence electrons. The van der Waals surface area contributed by atoms with Crippen molar-refractivity contribution in [1.82, 2.24) is 15.2 Å². The number of thiophene rings is 1. The molecule has 6 heteroatoms. The number of aryl methyl sites for hydroxylation is 2. The Morgan fingerprint density at radius 2 is 2.31 bits per heavy atom. The van der Waals surface area contributed by atoms with Gasteiger partial charge in [-0.3, -0.25) is 10.5 Å². The van der Waals surface area contributed by atoms with E-state index in [1.54, 1.807) is 11.3 Å². The molecule has 2 aromatic rings. The van der Waals surface area contributed by atoms with E-state index in [0.29, 0.717) is 0 Å². The van der Waals surface area contributed by atoms with Crippen molar-refractivity contribution in [2.24, 2.45) is 12.9 Å². The molecule has 1 unspecified atom stereocenters. The minimum atomic E-state index is -0.0353. The highest BCUT2D eigenvalue weighted by Gasteiger charge is 2.19. The Hall–Kier alpha value is -0.690. The van der Waals surface area contributed by atoms with Crippen molar-refractivity contribution < 1.29 is 0 Å². The molecule has 2 aromatic heterocycles. The van der Waals surface area contributed by atoms with Gasteiger partial charge >= 0.3 is 0 Å². The normalized spacial score (nSPS) is 13.0. The minimum Gasteiger partial charge on any atom is -0.271 e. The van der Waals surface area contributed by atoms with Gasteiger partial charge in [0.2, 0.25) is 0 Å². The molecule has 1 atom stereocenters. The maximum atomic E-state index is 5.64. The van der Waals surface area contributed by atoms with Crippen LogP contribution >= 0.6 is 27.3 Å². The summed E-state index contributed by atoms with van der Waals surface area (Å²) in [6, 6.07) is 2.00. The number of aromatic nitrogens is 2. The van der Waals surface area contributed by atoms with Gasteiger partial charge in [0.1, 0.15) is 0 Å². The zero-order valence-electron chi connectivity index (χ0n) is 9.07. The highest BCUT2D eigenvalue weighted by molar-refractivity contribution is 9.10. The van der Waals surface area contributed by atoms with Crippen LogP contribution < -0.4 is 11.3 Å². The van der Waals surface area contributed by atoms with Crippen LogP contribution in [0, 0.1) is 6.92 Å². The van der Waals surface area contributed by atoms with Crippen molar-refractivity contribution in [1.29, 1.82) is 0 Å². The summed E-state index contributed by atoms with van der Waals surface area (Å²) in [6.07, 6.45) is 0. The molecule has 0 saturated carbocycles. The monoisotopic (exact) mass is 300 g/mol. The molecule has 0 fully saturated rings. The Kier molecular flexibility index (Phi) is 3.44. The third-order valence-corrected chi connectivity index (χ3v) is 4.21. The molecule has 0 aliphatic carbocycles. The van der Waals surface area contributed by atoms with Crippen molar-refractivity contribution in [3.05, 3.63) is 38.3 Å². The molecular formula is C10H13BrN4S. The Bertz CT molecular complexity index is 491. The van der Waals surface area contributed by atoms with Crippen LogP contribution in [0.5, 0.6) is 0 Å². The Morgan fingerprint density at radius 1 is 1.56 bits per heavy atom. The quantitative estimate of drug-likeness (QED) is 0.674. The minimum absolute atomic E-state index is 0.0353. The third-order valence-electron chi connectivity index (χ3n) is 2.45. The van der Waals surface area contributed by atoms with Gasteiger partial charge in [-0.15, -0.1) is 0 Å². The van der Waals surface area contributed by atoms with E-state index in [1.165, 1.54) is 0 Å². The predicted octanol–water partition coefficient (Wildman–Crippen LogP) is 2.11. The third kappa shape index (κ3) is 2.06. The van der Waals surface area contributed by atoms with E-state index < -0.39 is 0 Å². The van der Waals surface area contributed by atoms with Gasteiger partial charge in [-0.25, -0.2) is 5.43 Å². The van der Waals surface area contributed by atoms with Crippen LogP contribution in [-0.4, -0.2) is 9.78 Å². The summed E-state index contributed by atoms with van der Waals surface area (Å²) in [7, 11) is 1.92. The number of hydrazine groups is 1. The summed E-state index contributed by atoms with van der Waals surface area (Å²) in [5.74, 6) is 5.64. The van der Waals surface area contributed by atoms with Gasteiger partial charge in [-0.1, -0.05) is 0 Å². The number of nitrogens with zero attached hydrogens (tertiary/aromatic N) is 2. The van der Waals surface area contributed by atoms with Gasteiger partial charge in [0.05, 0.1) is 17.4 Å². The first-order valence-corrected chi connectivity index (χ1v) is 6.55.